The SMILES string of the molecule is CCNC1CCC(C)CC1C1CCS(=O)(=O)C1. The molecule has 1 N–H and O–H groups in total. The van der Waals surface area contributed by atoms with Crippen molar-refractivity contribution in [3.05, 3.63) is 0 Å². The van der Waals surface area contributed by atoms with Crippen LogP contribution in [0.15, 0.2) is 0 Å². The quantitative estimate of drug-likeness (QED) is 0.841. The van der Waals surface area contributed by atoms with Gasteiger partial charge in [-0.15, -0.1) is 0 Å². The molecule has 0 radical (unpaired) electrons. The van der Waals surface area contributed by atoms with Crippen molar-refractivity contribution in [3.63, 3.8) is 0 Å². The van der Waals surface area contributed by atoms with E-state index in [9.17, 15) is 8.42 Å². The molecule has 17 heavy (non-hydrogen) atoms. The molecular weight excluding hydrogens is 234 g/mol. The van der Waals surface area contributed by atoms with Crippen molar-refractivity contribution in [2.75, 3.05) is 18.1 Å². The van der Waals surface area contributed by atoms with Gasteiger partial charge in [0.1, 0.15) is 0 Å². The summed E-state index contributed by atoms with van der Waals surface area (Å²) in [6.45, 7) is 5.44. The molecule has 1 heterocycles. The fourth-order valence-corrected chi connectivity index (χ4v) is 5.52. The summed E-state index contributed by atoms with van der Waals surface area (Å²) in [7, 11) is -2.73. The van der Waals surface area contributed by atoms with Crippen LogP contribution in [-0.4, -0.2) is 32.5 Å². The van der Waals surface area contributed by atoms with Crippen molar-refractivity contribution in [3.8, 4) is 0 Å². The highest BCUT2D eigenvalue weighted by Crippen LogP contribution is 2.38. The van der Waals surface area contributed by atoms with E-state index < -0.39 is 9.84 Å². The molecule has 0 amide bonds. The van der Waals surface area contributed by atoms with E-state index in [0.717, 1.165) is 18.9 Å². The lowest BCUT2D eigenvalue weighted by Gasteiger charge is -2.38. The first-order chi connectivity index (χ1) is 8.02. The van der Waals surface area contributed by atoms with Crippen molar-refractivity contribution in [2.45, 2.75) is 45.6 Å². The van der Waals surface area contributed by atoms with E-state index in [2.05, 4.69) is 19.2 Å². The maximum Gasteiger partial charge on any atom is 0.150 e. The third-order valence-electron chi connectivity index (χ3n) is 4.50. The maximum atomic E-state index is 11.6. The average molecular weight is 259 g/mol. The van der Waals surface area contributed by atoms with Crippen LogP contribution in [-0.2, 0) is 9.84 Å². The normalized spacial score (nSPS) is 41.5. The highest BCUT2D eigenvalue weighted by molar-refractivity contribution is 7.91. The molecule has 0 aromatic rings. The molecule has 0 bridgehead atoms. The van der Waals surface area contributed by atoms with Crippen LogP contribution in [0.5, 0.6) is 0 Å². The van der Waals surface area contributed by atoms with E-state index in [4.69, 9.17) is 0 Å². The second-order valence-electron chi connectivity index (χ2n) is 5.91. The fraction of sp³-hybridized carbons (Fsp3) is 1.00. The summed E-state index contributed by atoms with van der Waals surface area (Å²) >= 11 is 0. The van der Waals surface area contributed by atoms with Gasteiger partial charge in [0.2, 0.25) is 0 Å². The molecule has 0 spiro atoms. The molecule has 1 saturated carbocycles. The Hall–Kier alpha value is -0.0900. The van der Waals surface area contributed by atoms with E-state index in [1.54, 1.807) is 0 Å². The van der Waals surface area contributed by atoms with E-state index in [1.807, 2.05) is 0 Å². The van der Waals surface area contributed by atoms with Gasteiger partial charge >= 0.3 is 0 Å². The minimum Gasteiger partial charge on any atom is -0.314 e. The molecule has 4 atom stereocenters. The number of sulfone groups is 1. The van der Waals surface area contributed by atoms with Crippen LogP contribution in [0, 0.1) is 17.8 Å². The number of hydrogen-bond donors (Lipinski definition) is 1. The standard InChI is InChI=1S/C13H25NO2S/c1-3-14-13-5-4-10(2)8-12(13)11-6-7-17(15,16)9-11/h10-14H,3-9H2,1-2H3. The van der Waals surface area contributed by atoms with Gasteiger partial charge in [-0.25, -0.2) is 8.42 Å². The van der Waals surface area contributed by atoms with Crippen LogP contribution in [0.25, 0.3) is 0 Å². The van der Waals surface area contributed by atoms with E-state index >= 15 is 0 Å². The van der Waals surface area contributed by atoms with Crippen molar-refractivity contribution in [1.82, 2.24) is 5.32 Å². The Bertz CT molecular complexity index is 352. The predicted molar refractivity (Wildman–Crippen MR) is 70.7 cm³/mol. The van der Waals surface area contributed by atoms with Crippen molar-refractivity contribution in [2.24, 2.45) is 17.8 Å². The summed E-state index contributed by atoms with van der Waals surface area (Å²) in [5.74, 6) is 2.61. The summed E-state index contributed by atoms with van der Waals surface area (Å²) < 4.78 is 23.2. The Labute approximate surface area is 105 Å². The smallest absolute Gasteiger partial charge is 0.150 e. The minimum atomic E-state index is -2.73. The zero-order valence-corrected chi connectivity index (χ0v) is 11.8. The molecule has 0 aromatic carbocycles. The third-order valence-corrected chi connectivity index (χ3v) is 6.30. The number of hydrogen-bond acceptors (Lipinski definition) is 3. The fourth-order valence-electron chi connectivity index (χ4n) is 3.62. The second kappa shape index (κ2) is 5.27. The summed E-state index contributed by atoms with van der Waals surface area (Å²) in [6.07, 6.45) is 4.60. The Morgan fingerprint density at radius 2 is 2.00 bits per heavy atom. The van der Waals surface area contributed by atoms with Gasteiger partial charge in [-0.1, -0.05) is 13.8 Å². The molecule has 1 saturated heterocycles. The summed E-state index contributed by atoms with van der Waals surface area (Å²) in [5, 5.41) is 3.56. The van der Waals surface area contributed by atoms with Gasteiger partial charge in [0, 0.05) is 6.04 Å². The van der Waals surface area contributed by atoms with Gasteiger partial charge in [0.25, 0.3) is 0 Å². The molecule has 0 aromatic heterocycles. The molecule has 1 aliphatic heterocycles. The van der Waals surface area contributed by atoms with Gasteiger partial charge in [0.05, 0.1) is 11.5 Å². The van der Waals surface area contributed by atoms with Gasteiger partial charge in [-0.2, -0.15) is 0 Å². The lowest BCUT2D eigenvalue weighted by Crippen LogP contribution is -2.43. The molecule has 100 valence electrons. The highest BCUT2D eigenvalue weighted by Gasteiger charge is 2.39. The zero-order valence-electron chi connectivity index (χ0n) is 11.0. The second-order valence-corrected chi connectivity index (χ2v) is 8.14. The Morgan fingerprint density at radius 1 is 1.24 bits per heavy atom. The highest BCUT2D eigenvalue weighted by atomic mass is 32.2. The van der Waals surface area contributed by atoms with Crippen LogP contribution < -0.4 is 5.32 Å². The van der Waals surface area contributed by atoms with Crippen LogP contribution in [0.4, 0.5) is 0 Å². The van der Waals surface area contributed by atoms with Crippen LogP contribution in [0.1, 0.15) is 39.5 Å². The molecular formula is C13H25NO2S. The van der Waals surface area contributed by atoms with Crippen molar-refractivity contribution < 1.29 is 8.42 Å². The molecule has 1 aliphatic carbocycles. The Balaban J connectivity index is 2.04. The van der Waals surface area contributed by atoms with Gasteiger partial charge < -0.3 is 5.32 Å². The lowest BCUT2D eigenvalue weighted by molar-refractivity contribution is 0.163. The Morgan fingerprint density at radius 3 is 2.59 bits per heavy atom. The zero-order chi connectivity index (χ0) is 12.5. The first-order valence-corrected chi connectivity index (χ1v) is 8.77. The van der Waals surface area contributed by atoms with Gasteiger partial charge in [0.15, 0.2) is 9.84 Å². The van der Waals surface area contributed by atoms with Gasteiger partial charge in [-0.05, 0) is 50.0 Å². The largest absolute Gasteiger partial charge is 0.314 e. The molecule has 3 nitrogen and oxygen atoms in total. The summed E-state index contributed by atoms with van der Waals surface area (Å²) in [5.41, 5.74) is 0. The van der Waals surface area contributed by atoms with Crippen molar-refractivity contribution >= 4 is 9.84 Å². The molecule has 2 aliphatic rings. The number of rotatable bonds is 3. The maximum absolute atomic E-state index is 11.6. The Kier molecular flexibility index (Phi) is 4.14. The lowest BCUT2D eigenvalue weighted by atomic mass is 9.72. The third kappa shape index (κ3) is 3.22. The minimum absolute atomic E-state index is 0.409. The van der Waals surface area contributed by atoms with Crippen molar-refractivity contribution in [1.29, 1.82) is 0 Å². The van der Waals surface area contributed by atoms with E-state index in [-0.39, 0.29) is 0 Å². The predicted octanol–water partition coefficient (Wildman–Crippen LogP) is 1.84. The van der Waals surface area contributed by atoms with Crippen LogP contribution in [0.2, 0.25) is 0 Å². The summed E-state index contributed by atoms with van der Waals surface area (Å²) in [6, 6.07) is 0.550. The van der Waals surface area contributed by atoms with E-state index in [1.165, 1.54) is 19.3 Å². The monoisotopic (exact) mass is 259 g/mol. The van der Waals surface area contributed by atoms with Crippen LogP contribution >= 0.6 is 0 Å². The first-order valence-electron chi connectivity index (χ1n) is 6.95. The molecule has 4 heteroatoms. The topological polar surface area (TPSA) is 46.2 Å². The molecule has 2 fully saturated rings. The number of nitrogens with one attached hydrogen (secondary N) is 1. The molecule has 4 unspecified atom stereocenters. The van der Waals surface area contributed by atoms with Gasteiger partial charge in [-0.3, -0.25) is 0 Å². The van der Waals surface area contributed by atoms with Crippen LogP contribution in [0.3, 0.4) is 0 Å². The first kappa shape index (κ1) is 13.3. The molecule has 2 rings (SSSR count). The van der Waals surface area contributed by atoms with E-state index in [0.29, 0.717) is 29.4 Å². The average Bonchev–Trinajstić information content (AvgIpc) is 2.62. The summed E-state index contributed by atoms with van der Waals surface area (Å²) in [4.78, 5) is 0.